The first-order chi connectivity index (χ1) is 21.2. The van der Waals surface area contributed by atoms with Crippen molar-refractivity contribution in [2.45, 2.75) is 108 Å². The number of unbranched alkanes of at least 4 members (excludes halogenated alkanes) is 6. The molecular formula is C31H44N4O9. The number of benzene rings is 1. The van der Waals surface area contributed by atoms with Crippen molar-refractivity contribution in [2.24, 2.45) is 0 Å². The van der Waals surface area contributed by atoms with E-state index in [1.165, 1.54) is 25.1 Å². The molecular weight excluding hydrogens is 572 g/mol. The summed E-state index contributed by atoms with van der Waals surface area (Å²) in [6, 6.07) is 9.34. The van der Waals surface area contributed by atoms with E-state index in [1.54, 1.807) is 0 Å². The van der Waals surface area contributed by atoms with Gasteiger partial charge in [-0.2, -0.15) is 4.98 Å². The molecule has 1 aromatic carbocycles. The first-order valence-corrected chi connectivity index (χ1v) is 15.2. The van der Waals surface area contributed by atoms with Crippen molar-refractivity contribution in [1.82, 2.24) is 14.9 Å². The molecule has 44 heavy (non-hydrogen) atoms. The van der Waals surface area contributed by atoms with Crippen LogP contribution in [0.5, 0.6) is 0 Å². The van der Waals surface area contributed by atoms with Gasteiger partial charge >= 0.3 is 11.7 Å². The lowest BCUT2D eigenvalue weighted by Gasteiger charge is -2.19. The molecule has 0 bridgehead atoms. The van der Waals surface area contributed by atoms with E-state index in [2.05, 4.69) is 22.5 Å². The van der Waals surface area contributed by atoms with E-state index in [0.717, 1.165) is 35.8 Å². The zero-order chi connectivity index (χ0) is 31.9. The largest absolute Gasteiger partial charge is 0.461 e. The van der Waals surface area contributed by atoms with Crippen molar-refractivity contribution in [3.8, 4) is 0 Å². The molecule has 13 heteroatoms. The second-order valence-electron chi connectivity index (χ2n) is 10.9. The summed E-state index contributed by atoms with van der Waals surface area (Å²) in [5.74, 6) is -1.66. The number of aliphatic hydroxyl groups is 3. The minimum absolute atomic E-state index is 0.0399. The fraction of sp³-hybridized carbons (Fsp3) is 0.581. The lowest BCUT2D eigenvalue weighted by atomic mass is 10.1. The second-order valence-corrected chi connectivity index (χ2v) is 10.9. The quantitative estimate of drug-likeness (QED) is 0.122. The standard InChI is InChI=1S/C31H44N4O9/c1-2-3-4-5-6-7-11-14-25(37)32-22(15-16-26(38)43-20-21-12-9-8-10-13-21)29(41)33-24-17-18-35(31(42)34-24)30-28(40)27(39)23(19-36)44-30/h8-10,12-13,17-18,22-23,27-28,30,36,39-40H,2-7,11,14-16,19-20H2,1H3,(H,32,37)(H,33,34,41,42)/t22-,23+,27+,28-,30+/m1/s1. The number of hydrogen-bond donors (Lipinski definition) is 5. The third kappa shape index (κ3) is 10.8. The first kappa shape index (κ1) is 34.8. The van der Waals surface area contributed by atoms with Crippen LogP contribution in [0.3, 0.4) is 0 Å². The van der Waals surface area contributed by atoms with E-state index in [1.807, 2.05) is 30.3 Å². The molecule has 5 atom stereocenters. The molecule has 0 unspecified atom stereocenters. The van der Waals surface area contributed by atoms with Crippen LogP contribution in [0.4, 0.5) is 5.82 Å². The highest BCUT2D eigenvalue weighted by atomic mass is 16.6. The maximum atomic E-state index is 13.2. The van der Waals surface area contributed by atoms with E-state index in [0.29, 0.717) is 6.42 Å². The van der Waals surface area contributed by atoms with Gasteiger partial charge in [0.15, 0.2) is 6.23 Å². The molecule has 1 aromatic heterocycles. The molecule has 1 aliphatic rings. The molecule has 3 rings (SSSR count). The van der Waals surface area contributed by atoms with E-state index in [9.17, 15) is 34.5 Å². The molecule has 0 radical (unpaired) electrons. The third-order valence-electron chi connectivity index (χ3n) is 7.41. The van der Waals surface area contributed by atoms with E-state index in [4.69, 9.17) is 9.47 Å². The summed E-state index contributed by atoms with van der Waals surface area (Å²) < 4.78 is 11.6. The maximum absolute atomic E-state index is 13.2. The van der Waals surface area contributed by atoms with Crippen LogP contribution in [0.15, 0.2) is 47.4 Å². The Hall–Kier alpha value is -3.65. The van der Waals surface area contributed by atoms with Crippen LogP contribution in [0, 0.1) is 0 Å². The van der Waals surface area contributed by atoms with Crippen LogP contribution in [0.25, 0.3) is 0 Å². The van der Waals surface area contributed by atoms with Crippen molar-refractivity contribution < 1.29 is 39.2 Å². The molecule has 1 aliphatic heterocycles. The van der Waals surface area contributed by atoms with Gasteiger partial charge in [-0.1, -0.05) is 75.8 Å². The average molecular weight is 617 g/mol. The molecule has 5 N–H and O–H groups in total. The summed E-state index contributed by atoms with van der Waals surface area (Å²) in [6.45, 7) is 1.67. The molecule has 0 spiro atoms. The van der Waals surface area contributed by atoms with Crippen LogP contribution in [-0.4, -0.2) is 73.6 Å². The maximum Gasteiger partial charge on any atom is 0.351 e. The van der Waals surface area contributed by atoms with E-state index >= 15 is 0 Å². The smallest absolute Gasteiger partial charge is 0.351 e. The van der Waals surface area contributed by atoms with Gasteiger partial charge < -0.3 is 35.4 Å². The number of aromatic nitrogens is 2. The van der Waals surface area contributed by atoms with Gasteiger partial charge in [0.1, 0.15) is 36.8 Å². The first-order valence-electron chi connectivity index (χ1n) is 15.2. The number of nitrogens with zero attached hydrogens (tertiary/aromatic N) is 2. The van der Waals surface area contributed by atoms with E-state index < -0.39 is 54.8 Å². The number of esters is 1. The van der Waals surface area contributed by atoms with Crippen molar-refractivity contribution in [3.63, 3.8) is 0 Å². The van der Waals surface area contributed by atoms with Gasteiger partial charge in [0, 0.05) is 19.0 Å². The SMILES string of the molecule is CCCCCCCCCC(=O)N[C@H](CCC(=O)OCc1ccccc1)C(=O)Nc1ccn([C@H]2O[C@@H](CO)[C@H](O)[C@H]2O)c(=O)n1. The summed E-state index contributed by atoms with van der Waals surface area (Å²) >= 11 is 0. The zero-order valence-electron chi connectivity index (χ0n) is 25.1. The van der Waals surface area contributed by atoms with Crippen LogP contribution in [0.2, 0.25) is 0 Å². The van der Waals surface area contributed by atoms with Gasteiger partial charge in [-0.3, -0.25) is 19.0 Å². The Bertz CT molecular complexity index is 1260. The topological polar surface area (TPSA) is 189 Å². The fourth-order valence-electron chi connectivity index (χ4n) is 4.85. The number of aliphatic hydroxyl groups excluding tert-OH is 3. The number of rotatable bonds is 18. The number of hydrogen-bond acceptors (Lipinski definition) is 10. The lowest BCUT2D eigenvalue weighted by Crippen LogP contribution is -2.44. The van der Waals surface area contributed by atoms with Gasteiger partial charge in [0.25, 0.3) is 0 Å². The second kappa shape index (κ2) is 18.2. The molecule has 1 fully saturated rings. The molecule has 2 amide bonds. The summed E-state index contributed by atoms with van der Waals surface area (Å²) in [7, 11) is 0. The Kier molecular flexibility index (Phi) is 14.4. The lowest BCUT2D eigenvalue weighted by molar-refractivity contribution is -0.145. The Morgan fingerprint density at radius 1 is 1.00 bits per heavy atom. The summed E-state index contributed by atoms with van der Waals surface area (Å²) in [4.78, 5) is 54.8. The Morgan fingerprint density at radius 3 is 2.36 bits per heavy atom. The van der Waals surface area contributed by atoms with Crippen molar-refractivity contribution in [2.75, 3.05) is 11.9 Å². The van der Waals surface area contributed by atoms with Crippen LogP contribution >= 0.6 is 0 Å². The zero-order valence-corrected chi connectivity index (χ0v) is 25.1. The number of ether oxygens (including phenoxy) is 2. The Balaban J connectivity index is 1.60. The highest BCUT2D eigenvalue weighted by molar-refractivity contribution is 5.96. The molecule has 242 valence electrons. The van der Waals surface area contributed by atoms with Gasteiger partial charge in [0.05, 0.1) is 6.61 Å². The summed E-state index contributed by atoms with van der Waals surface area (Å²) in [5, 5.41) is 34.7. The number of amides is 2. The van der Waals surface area contributed by atoms with Gasteiger partial charge in [0.2, 0.25) is 11.8 Å². The minimum Gasteiger partial charge on any atom is -0.461 e. The van der Waals surface area contributed by atoms with Crippen molar-refractivity contribution in [1.29, 1.82) is 0 Å². The highest BCUT2D eigenvalue weighted by Crippen LogP contribution is 2.28. The average Bonchev–Trinajstić information content (AvgIpc) is 3.30. The van der Waals surface area contributed by atoms with Crippen molar-refractivity contribution >= 4 is 23.6 Å². The van der Waals surface area contributed by atoms with Crippen molar-refractivity contribution in [3.05, 3.63) is 58.6 Å². The number of carbonyl (C=O) groups excluding carboxylic acids is 3. The summed E-state index contributed by atoms with van der Waals surface area (Å²) in [5.41, 5.74) is -0.0717. The van der Waals surface area contributed by atoms with E-state index in [-0.39, 0.29) is 37.6 Å². The fourth-order valence-corrected chi connectivity index (χ4v) is 4.85. The monoisotopic (exact) mass is 616 g/mol. The highest BCUT2D eigenvalue weighted by Gasteiger charge is 2.43. The molecule has 1 saturated heterocycles. The van der Waals surface area contributed by atoms with Crippen LogP contribution < -0.4 is 16.3 Å². The van der Waals surface area contributed by atoms with Gasteiger partial charge in [-0.15, -0.1) is 0 Å². The predicted octanol–water partition coefficient (Wildman–Crippen LogP) is 1.94. The predicted molar refractivity (Wildman–Crippen MR) is 160 cm³/mol. The molecule has 13 nitrogen and oxygen atoms in total. The van der Waals surface area contributed by atoms with Gasteiger partial charge in [-0.25, -0.2) is 4.79 Å². The third-order valence-corrected chi connectivity index (χ3v) is 7.41. The number of nitrogens with one attached hydrogen (secondary N) is 2. The van der Waals surface area contributed by atoms with Crippen LogP contribution in [0.1, 0.15) is 82.9 Å². The minimum atomic E-state index is -1.48. The molecule has 2 aromatic rings. The van der Waals surface area contributed by atoms with Gasteiger partial charge in [-0.05, 0) is 24.5 Å². The molecule has 0 aliphatic carbocycles. The number of anilines is 1. The van der Waals surface area contributed by atoms with Crippen LogP contribution in [-0.2, 0) is 30.5 Å². The summed E-state index contributed by atoms with van der Waals surface area (Å²) in [6.07, 6.45) is 3.27. The Labute approximate surface area is 256 Å². The molecule has 2 heterocycles. The Morgan fingerprint density at radius 2 is 1.70 bits per heavy atom. The number of carbonyl (C=O) groups is 3. The molecule has 0 saturated carbocycles. The normalized spacial score (nSPS) is 20.2.